The van der Waals surface area contributed by atoms with Gasteiger partial charge in [-0.3, -0.25) is 4.79 Å². The molecule has 134 valence electrons. The molecule has 5 nitrogen and oxygen atoms in total. The van der Waals surface area contributed by atoms with Gasteiger partial charge in [0, 0.05) is 32.1 Å². The highest BCUT2D eigenvalue weighted by molar-refractivity contribution is 7.89. The van der Waals surface area contributed by atoms with Crippen molar-refractivity contribution in [2.75, 3.05) is 26.2 Å². The van der Waals surface area contributed by atoms with Crippen LogP contribution in [-0.4, -0.2) is 49.7 Å². The highest BCUT2D eigenvalue weighted by Gasteiger charge is 2.31. The van der Waals surface area contributed by atoms with Gasteiger partial charge in [-0.15, -0.1) is 0 Å². The summed E-state index contributed by atoms with van der Waals surface area (Å²) >= 11 is 11.8. The Labute approximate surface area is 153 Å². The first-order chi connectivity index (χ1) is 11.3. The average Bonchev–Trinajstić information content (AvgIpc) is 2.57. The predicted octanol–water partition coefficient (Wildman–Crippen LogP) is 3.26. The highest BCUT2D eigenvalue weighted by Crippen LogP contribution is 2.27. The van der Waals surface area contributed by atoms with E-state index in [-0.39, 0.29) is 34.8 Å². The van der Waals surface area contributed by atoms with Crippen LogP contribution < -0.4 is 0 Å². The SMILES string of the molecule is CCCC(C)C(=O)N1CCN(S(=O)(=O)c2ccc(Cl)c(Cl)c2)CC1. The molecule has 1 aromatic rings. The lowest BCUT2D eigenvalue weighted by molar-refractivity contribution is -0.136. The number of hydrogen-bond acceptors (Lipinski definition) is 3. The molecule has 0 radical (unpaired) electrons. The molecule has 24 heavy (non-hydrogen) atoms. The van der Waals surface area contributed by atoms with Crippen molar-refractivity contribution in [3.05, 3.63) is 28.2 Å². The largest absolute Gasteiger partial charge is 0.340 e. The molecular weight excluding hydrogens is 371 g/mol. The third kappa shape index (κ3) is 4.23. The van der Waals surface area contributed by atoms with Crippen molar-refractivity contribution >= 4 is 39.1 Å². The zero-order valence-electron chi connectivity index (χ0n) is 13.8. The zero-order chi connectivity index (χ0) is 17.9. The second-order valence-corrected chi connectivity index (χ2v) is 8.75. The van der Waals surface area contributed by atoms with E-state index in [0.29, 0.717) is 18.1 Å². The van der Waals surface area contributed by atoms with Gasteiger partial charge in [0.05, 0.1) is 14.9 Å². The van der Waals surface area contributed by atoms with E-state index in [1.165, 1.54) is 22.5 Å². The van der Waals surface area contributed by atoms with Crippen LogP contribution in [0.1, 0.15) is 26.7 Å². The maximum atomic E-state index is 12.7. The lowest BCUT2D eigenvalue weighted by atomic mass is 10.0. The first-order valence-corrected chi connectivity index (χ1v) is 10.2. The number of amides is 1. The number of rotatable bonds is 5. The van der Waals surface area contributed by atoms with Crippen molar-refractivity contribution in [1.82, 2.24) is 9.21 Å². The van der Waals surface area contributed by atoms with Gasteiger partial charge in [0.15, 0.2) is 0 Å². The van der Waals surface area contributed by atoms with Gasteiger partial charge in [-0.2, -0.15) is 4.31 Å². The van der Waals surface area contributed by atoms with Crippen LogP contribution in [0.25, 0.3) is 0 Å². The fourth-order valence-corrected chi connectivity index (χ4v) is 4.62. The third-order valence-electron chi connectivity index (χ3n) is 4.22. The van der Waals surface area contributed by atoms with E-state index in [1.54, 1.807) is 4.90 Å². The van der Waals surface area contributed by atoms with Crippen LogP contribution in [-0.2, 0) is 14.8 Å². The molecule has 1 amide bonds. The molecule has 1 heterocycles. The molecule has 1 unspecified atom stereocenters. The van der Waals surface area contributed by atoms with Crippen molar-refractivity contribution in [2.45, 2.75) is 31.6 Å². The van der Waals surface area contributed by atoms with E-state index in [4.69, 9.17) is 23.2 Å². The van der Waals surface area contributed by atoms with Gasteiger partial charge in [0.2, 0.25) is 15.9 Å². The number of piperazine rings is 1. The Kier molecular flexibility index (Phi) is 6.53. The van der Waals surface area contributed by atoms with Crippen LogP contribution in [0.5, 0.6) is 0 Å². The Bertz CT molecular complexity index is 701. The Hall–Kier alpha value is -0.820. The van der Waals surface area contributed by atoms with Gasteiger partial charge in [0.1, 0.15) is 0 Å². The summed E-state index contributed by atoms with van der Waals surface area (Å²) < 4.78 is 26.8. The number of nitrogens with zero attached hydrogens (tertiary/aromatic N) is 2. The zero-order valence-corrected chi connectivity index (χ0v) is 16.2. The molecular formula is C16H22Cl2N2O3S. The molecule has 1 fully saturated rings. The number of halogens is 2. The quantitative estimate of drug-likeness (QED) is 0.772. The van der Waals surface area contributed by atoms with Crippen LogP contribution in [0.4, 0.5) is 0 Å². The lowest BCUT2D eigenvalue weighted by Gasteiger charge is -2.35. The molecule has 0 aromatic heterocycles. The number of sulfonamides is 1. The first-order valence-electron chi connectivity index (χ1n) is 8.01. The van der Waals surface area contributed by atoms with E-state index in [1.807, 2.05) is 13.8 Å². The van der Waals surface area contributed by atoms with Crippen LogP contribution >= 0.6 is 23.2 Å². The van der Waals surface area contributed by atoms with Crippen LogP contribution in [0.3, 0.4) is 0 Å². The summed E-state index contributed by atoms with van der Waals surface area (Å²) in [5.74, 6) is 0.0802. The number of benzene rings is 1. The Morgan fingerprint density at radius 1 is 1.17 bits per heavy atom. The first kappa shape index (κ1) is 19.5. The van der Waals surface area contributed by atoms with Crippen LogP contribution in [0.15, 0.2) is 23.1 Å². The van der Waals surface area contributed by atoms with Crippen molar-refractivity contribution < 1.29 is 13.2 Å². The van der Waals surface area contributed by atoms with E-state index in [0.717, 1.165) is 12.8 Å². The predicted molar refractivity (Wildman–Crippen MR) is 95.9 cm³/mol. The van der Waals surface area contributed by atoms with Crippen LogP contribution in [0, 0.1) is 5.92 Å². The maximum absolute atomic E-state index is 12.7. The summed E-state index contributed by atoms with van der Waals surface area (Å²) in [5, 5.41) is 0.524. The third-order valence-corrected chi connectivity index (χ3v) is 6.86. The minimum absolute atomic E-state index is 0.0202. The topological polar surface area (TPSA) is 57.7 Å². The Morgan fingerprint density at radius 3 is 2.33 bits per heavy atom. The summed E-state index contributed by atoms with van der Waals surface area (Å²) in [6.07, 6.45) is 1.80. The molecule has 8 heteroatoms. The van der Waals surface area contributed by atoms with Crippen molar-refractivity contribution in [3.63, 3.8) is 0 Å². The van der Waals surface area contributed by atoms with E-state index in [2.05, 4.69) is 0 Å². The molecule has 1 atom stereocenters. The van der Waals surface area contributed by atoms with Gasteiger partial charge in [-0.25, -0.2) is 8.42 Å². The minimum atomic E-state index is -3.63. The number of hydrogen-bond donors (Lipinski definition) is 0. The van der Waals surface area contributed by atoms with Gasteiger partial charge < -0.3 is 4.90 Å². The van der Waals surface area contributed by atoms with Crippen molar-refractivity contribution in [2.24, 2.45) is 5.92 Å². The fourth-order valence-electron chi connectivity index (χ4n) is 2.80. The summed E-state index contributed by atoms with van der Waals surface area (Å²) in [6, 6.07) is 4.29. The monoisotopic (exact) mass is 392 g/mol. The molecule has 2 rings (SSSR count). The normalized spacial score (nSPS) is 17.8. The second-order valence-electron chi connectivity index (χ2n) is 6.00. The smallest absolute Gasteiger partial charge is 0.243 e. The molecule has 1 aliphatic rings. The van der Waals surface area contributed by atoms with Gasteiger partial charge in [-0.05, 0) is 24.6 Å². The minimum Gasteiger partial charge on any atom is -0.340 e. The van der Waals surface area contributed by atoms with E-state index in [9.17, 15) is 13.2 Å². The Balaban J connectivity index is 2.05. The highest BCUT2D eigenvalue weighted by atomic mass is 35.5. The van der Waals surface area contributed by atoms with E-state index < -0.39 is 10.0 Å². The standard InChI is InChI=1S/C16H22Cl2N2O3S/c1-3-4-12(2)16(21)19-7-9-20(10-8-19)24(22,23)13-5-6-14(17)15(18)11-13/h5-6,11-12H,3-4,7-10H2,1-2H3. The summed E-state index contributed by atoms with van der Waals surface area (Å²) in [7, 11) is -3.63. The van der Waals surface area contributed by atoms with E-state index >= 15 is 0 Å². The Morgan fingerprint density at radius 2 is 1.79 bits per heavy atom. The lowest BCUT2D eigenvalue weighted by Crippen LogP contribution is -2.51. The molecule has 0 spiro atoms. The molecule has 0 aliphatic carbocycles. The summed E-state index contributed by atoms with van der Waals surface area (Å²) in [6.45, 7) is 5.36. The van der Waals surface area contributed by atoms with Crippen molar-refractivity contribution in [3.8, 4) is 0 Å². The number of carbonyl (C=O) groups is 1. The second kappa shape index (κ2) is 8.04. The van der Waals surface area contributed by atoms with Gasteiger partial charge in [0.25, 0.3) is 0 Å². The molecule has 0 N–H and O–H groups in total. The molecule has 1 saturated heterocycles. The number of carbonyl (C=O) groups excluding carboxylic acids is 1. The molecule has 1 aliphatic heterocycles. The average molecular weight is 393 g/mol. The summed E-state index contributed by atoms with van der Waals surface area (Å²) in [5.41, 5.74) is 0. The molecule has 0 saturated carbocycles. The van der Waals surface area contributed by atoms with Crippen molar-refractivity contribution in [1.29, 1.82) is 0 Å². The van der Waals surface area contributed by atoms with Gasteiger partial charge in [-0.1, -0.05) is 43.5 Å². The van der Waals surface area contributed by atoms with Gasteiger partial charge >= 0.3 is 0 Å². The maximum Gasteiger partial charge on any atom is 0.243 e. The van der Waals surface area contributed by atoms with Crippen LogP contribution in [0.2, 0.25) is 10.0 Å². The fraction of sp³-hybridized carbons (Fsp3) is 0.562. The molecule has 1 aromatic carbocycles. The summed E-state index contributed by atoms with van der Waals surface area (Å²) in [4.78, 5) is 14.2. The molecule has 0 bridgehead atoms.